The van der Waals surface area contributed by atoms with Crippen molar-refractivity contribution in [3.8, 4) is 45.1 Å². The van der Waals surface area contributed by atoms with Crippen LogP contribution in [0.1, 0.15) is 23.7 Å². The molecule has 12 heteroatoms. The standard InChI is InChI=1S/C40H44N4O7S/c1-45-33-13-12-27(34-26-32(42-51-34)29-24-36(46-2)39(48-4)37(25-29)47-3)23-35(33)50-21-19-44-16-14-43(15-17-44)18-20-49-30-9-7-8-28(22-30)40-41-31-10-5-6-11-38(31)52-40/h5-13,22-25,34H,14-21,26H2,1-4H3. The number of ether oxygens (including phenoxy) is 6. The number of oxime groups is 1. The Morgan fingerprint density at radius 1 is 0.692 bits per heavy atom. The van der Waals surface area contributed by atoms with Crippen LogP contribution < -0.4 is 28.4 Å². The number of hydrogen-bond acceptors (Lipinski definition) is 12. The molecule has 11 nitrogen and oxygen atoms in total. The number of aromatic nitrogens is 1. The van der Waals surface area contributed by atoms with E-state index in [9.17, 15) is 0 Å². The Labute approximate surface area is 308 Å². The van der Waals surface area contributed by atoms with Crippen LogP contribution in [0.4, 0.5) is 0 Å². The molecule has 1 atom stereocenters. The van der Waals surface area contributed by atoms with Crippen LogP contribution in [0.2, 0.25) is 0 Å². The maximum absolute atomic E-state index is 6.28. The van der Waals surface area contributed by atoms with E-state index in [1.165, 1.54) is 4.70 Å². The number of fused-ring (bicyclic) bond motifs is 1. The molecule has 1 fully saturated rings. The van der Waals surface area contributed by atoms with Gasteiger partial charge in [0.05, 0.1) is 44.4 Å². The van der Waals surface area contributed by atoms with Crippen molar-refractivity contribution in [1.29, 1.82) is 0 Å². The van der Waals surface area contributed by atoms with Gasteiger partial charge in [0, 0.05) is 56.8 Å². The lowest BCUT2D eigenvalue weighted by Gasteiger charge is -2.34. The number of benzene rings is 4. The van der Waals surface area contributed by atoms with Crippen LogP contribution >= 0.6 is 11.3 Å². The second-order valence-electron chi connectivity index (χ2n) is 12.6. The molecule has 0 aliphatic carbocycles. The Balaban J connectivity index is 0.862. The molecule has 2 aliphatic rings. The highest BCUT2D eigenvalue weighted by Gasteiger charge is 2.27. The van der Waals surface area contributed by atoms with Crippen molar-refractivity contribution < 1.29 is 33.3 Å². The van der Waals surface area contributed by atoms with E-state index in [1.807, 2.05) is 48.5 Å². The van der Waals surface area contributed by atoms with E-state index in [0.29, 0.717) is 48.4 Å². The summed E-state index contributed by atoms with van der Waals surface area (Å²) < 4.78 is 35.8. The second kappa shape index (κ2) is 16.5. The van der Waals surface area contributed by atoms with Gasteiger partial charge in [-0.15, -0.1) is 11.3 Å². The Bertz CT molecular complexity index is 1950. The first-order valence-electron chi connectivity index (χ1n) is 17.4. The number of methoxy groups -OCH3 is 4. The van der Waals surface area contributed by atoms with Crippen LogP contribution in [0.15, 0.2) is 84.0 Å². The quantitative estimate of drug-likeness (QED) is 0.113. The average Bonchev–Trinajstić information content (AvgIpc) is 3.87. The molecule has 0 radical (unpaired) electrons. The number of piperazine rings is 1. The molecule has 0 saturated carbocycles. The van der Waals surface area contributed by atoms with Crippen molar-refractivity contribution in [3.63, 3.8) is 0 Å². The van der Waals surface area contributed by atoms with E-state index >= 15 is 0 Å². The Morgan fingerprint density at radius 3 is 2.10 bits per heavy atom. The monoisotopic (exact) mass is 724 g/mol. The molecule has 272 valence electrons. The van der Waals surface area contributed by atoms with Crippen LogP contribution in [0.5, 0.6) is 34.5 Å². The SMILES string of the molecule is COc1ccc(C2CC(c3cc(OC)c(OC)c(OC)c3)=NO2)cc1OCCN1CCN(CCOc2cccc(-c3nc4ccccc4s3)c2)CC1. The molecular formula is C40H44N4O7S. The smallest absolute Gasteiger partial charge is 0.203 e. The maximum Gasteiger partial charge on any atom is 0.203 e. The van der Waals surface area contributed by atoms with Gasteiger partial charge in [-0.05, 0) is 54.1 Å². The van der Waals surface area contributed by atoms with Gasteiger partial charge >= 0.3 is 0 Å². The lowest BCUT2D eigenvalue weighted by atomic mass is 9.99. The van der Waals surface area contributed by atoms with Gasteiger partial charge in [-0.1, -0.05) is 35.5 Å². The van der Waals surface area contributed by atoms with Crippen LogP contribution in [0.3, 0.4) is 0 Å². The number of nitrogens with zero attached hydrogens (tertiary/aromatic N) is 4. The topological polar surface area (TPSA) is 96.3 Å². The molecule has 0 spiro atoms. The van der Waals surface area contributed by atoms with Crippen LogP contribution in [0.25, 0.3) is 20.8 Å². The minimum absolute atomic E-state index is 0.262. The minimum Gasteiger partial charge on any atom is -0.493 e. The zero-order valence-corrected chi connectivity index (χ0v) is 30.8. The minimum atomic E-state index is -0.262. The van der Waals surface area contributed by atoms with Crippen LogP contribution in [-0.4, -0.2) is 101 Å². The predicted molar refractivity (Wildman–Crippen MR) is 203 cm³/mol. The molecule has 0 bridgehead atoms. The van der Waals surface area contributed by atoms with E-state index in [2.05, 4.69) is 45.3 Å². The molecular weight excluding hydrogens is 681 g/mol. The maximum atomic E-state index is 6.28. The summed E-state index contributed by atoms with van der Waals surface area (Å²) in [6.07, 6.45) is 0.318. The molecule has 1 unspecified atom stereocenters. The number of para-hydroxylation sites is 1. The second-order valence-corrected chi connectivity index (χ2v) is 13.6. The Kier molecular flexibility index (Phi) is 11.2. The molecule has 7 rings (SSSR count). The van der Waals surface area contributed by atoms with Crippen LogP contribution in [-0.2, 0) is 4.84 Å². The third-order valence-electron chi connectivity index (χ3n) is 9.41. The van der Waals surface area contributed by atoms with Crippen molar-refractivity contribution in [2.45, 2.75) is 12.5 Å². The van der Waals surface area contributed by atoms with Crippen molar-refractivity contribution in [3.05, 3.63) is 90.0 Å². The molecule has 1 aromatic heterocycles. The summed E-state index contributed by atoms with van der Waals surface area (Å²) in [6, 6.07) is 26.1. The largest absolute Gasteiger partial charge is 0.493 e. The fourth-order valence-electron chi connectivity index (χ4n) is 6.51. The van der Waals surface area contributed by atoms with Gasteiger partial charge in [-0.25, -0.2) is 4.98 Å². The predicted octanol–water partition coefficient (Wildman–Crippen LogP) is 6.94. The summed E-state index contributed by atoms with van der Waals surface area (Å²) in [6.45, 7) is 6.82. The molecule has 0 amide bonds. The van der Waals surface area contributed by atoms with Gasteiger partial charge in [0.15, 0.2) is 29.1 Å². The molecule has 5 aromatic rings. The molecule has 1 saturated heterocycles. The fourth-order valence-corrected chi connectivity index (χ4v) is 7.47. The Hall–Kier alpha value is -5.04. The van der Waals surface area contributed by atoms with Crippen LogP contribution in [0, 0.1) is 0 Å². The third-order valence-corrected chi connectivity index (χ3v) is 10.5. The first-order chi connectivity index (χ1) is 25.5. The van der Waals surface area contributed by atoms with Gasteiger partial charge in [0.25, 0.3) is 0 Å². The van der Waals surface area contributed by atoms with Crippen molar-refractivity contribution in [2.24, 2.45) is 5.16 Å². The highest BCUT2D eigenvalue weighted by molar-refractivity contribution is 7.21. The lowest BCUT2D eigenvalue weighted by Crippen LogP contribution is -2.48. The highest BCUT2D eigenvalue weighted by Crippen LogP contribution is 2.41. The summed E-state index contributed by atoms with van der Waals surface area (Å²) in [5.41, 5.74) is 4.72. The molecule has 4 aromatic carbocycles. The first-order valence-corrected chi connectivity index (χ1v) is 18.2. The Morgan fingerprint density at radius 2 is 1.40 bits per heavy atom. The fraction of sp³-hybridized carbons (Fsp3) is 0.350. The van der Waals surface area contributed by atoms with E-state index in [1.54, 1.807) is 39.8 Å². The number of hydrogen-bond donors (Lipinski definition) is 0. The van der Waals surface area contributed by atoms with Crippen molar-refractivity contribution >= 4 is 27.3 Å². The molecule has 3 heterocycles. The summed E-state index contributed by atoms with van der Waals surface area (Å²) in [7, 11) is 6.43. The van der Waals surface area contributed by atoms with Gasteiger partial charge in [-0.3, -0.25) is 9.80 Å². The normalized spacial score (nSPS) is 16.3. The molecule has 0 N–H and O–H groups in total. The van der Waals surface area contributed by atoms with Gasteiger partial charge in [-0.2, -0.15) is 0 Å². The van der Waals surface area contributed by atoms with E-state index < -0.39 is 0 Å². The number of thiazole rings is 1. The lowest BCUT2D eigenvalue weighted by molar-refractivity contribution is 0.0852. The summed E-state index contributed by atoms with van der Waals surface area (Å²) in [4.78, 5) is 15.6. The van der Waals surface area contributed by atoms with Gasteiger partial charge in [0.1, 0.15) is 24.0 Å². The third kappa shape index (κ3) is 8.04. The molecule has 52 heavy (non-hydrogen) atoms. The molecule has 2 aliphatic heterocycles. The van der Waals surface area contributed by atoms with Crippen molar-refractivity contribution in [1.82, 2.24) is 14.8 Å². The number of rotatable bonds is 15. The van der Waals surface area contributed by atoms with Gasteiger partial charge in [0.2, 0.25) is 5.75 Å². The van der Waals surface area contributed by atoms with E-state index in [0.717, 1.165) is 77.9 Å². The van der Waals surface area contributed by atoms with Crippen molar-refractivity contribution in [2.75, 3.05) is 80.9 Å². The summed E-state index contributed by atoms with van der Waals surface area (Å²) in [5, 5.41) is 5.41. The van der Waals surface area contributed by atoms with Gasteiger partial charge < -0.3 is 33.3 Å². The summed E-state index contributed by atoms with van der Waals surface area (Å²) in [5.74, 6) is 3.91. The zero-order chi connectivity index (χ0) is 35.9. The summed E-state index contributed by atoms with van der Waals surface area (Å²) >= 11 is 1.71. The zero-order valence-electron chi connectivity index (χ0n) is 30.0. The van der Waals surface area contributed by atoms with E-state index in [-0.39, 0.29) is 6.10 Å². The first kappa shape index (κ1) is 35.4. The average molecular weight is 725 g/mol. The van der Waals surface area contributed by atoms with E-state index in [4.69, 9.17) is 38.2 Å². The highest BCUT2D eigenvalue weighted by atomic mass is 32.1.